The second-order valence-electron chi connectivity index (χ2n) is 6.90. The minimum Gasteiger partial charge on any atom is -0.466 e. The highest BCUT2D eigenvalue weighted by molar-refractivity contribution is 5.83. The molecule has 0 bridgehead atoms. The van der Waals surface area contributed by atoms with Crippen LogP contribution in [0.15, 0.2) is 42.1 Å². The van der Waals surface area contributed by atoms with Gasteiger partial charge in [-0.3, -0.25) is 4.79 Å². The quantitative estimate of drug-likeness (QED) is 0.577. The molecule has 0 heterocycles. The van der Waals surface area contributed by atoms with Gasteiger partial charge in [0.2, 0.25) is 0 Å². The first kappa shape index (κ1) is 20.7. The molecule has 1 unspecified atom stereocenters. The van der Waals surface area contributed by atoms with Crippen LogP contribution in [0.2, 0.25) is 0 Å². The Hall–Kier alpha value is -2.30. The van der Waals surface area contributed by atoms with Crippen LogP contribution in [0.25, 0.3) is 0 Å². The predicted molar refractivity (Wildman–Crippen MR) is 97.9 cm³/mol. The normalized spacial score (nSPS) is 13.1. The van der Waals surface area contributed by atoms with Crippen LogP contribution in [0.1, 0.15) is 46.6 Å². The van der Waals surface area contributed by atoms with Gasteiger partial charge in [-0.05, 0) is 46.6 Å². The lowest BCUT2D eigenvalue weighted by atomic mass is 10.0. The summed E-state index contributed by atoms with van der Waals surface area (Å²) in [6, 6.07) is 9.71. The van der Waals surface area contributed by atoms with Crippen LogP contribution >= 0.6 is 0 Å². The van der Waals surface area contributed by atoms with Gasteiger partial charge < -0.3 is 14.8 Å². The molecule has 5 heteroatoms. The van der Waals surface area contributed by atoms with E-state index in [0.29, 0.717) is 18.7 Å². The maximum Gasteiger partial charge on any atom is 0.333 e. The number of carbonyl (C=O) groups is 2. The molecule has 5 nitrogen and oxygen atoms in total. The van der Waals surface area contributed by atoms with Crippen molar-refractivity contribution in [3.63, 3.8) is 0 Å². The second-order valence-corrected chi connectivity index (χ2v) is 6.90. The van der Waals surface area contributed by atoms with Gasteiger partial charge in [-0.2, -0.15) is 0 Å². The summed E-state index contributed by atoms with van der Waals surface area (Å²) in [6.45, 7) is 9.38. The SMILES string of the molecule is CCOC(=O)CC(Cc1ccccc1)N/C(C)=C/C(=O)OC(C)(C)C. The average Bonchev–Trinajstić information content (AvgIpc) is 2.45. The van der Waals surface area contributed by atoms with Crippen molar-refractivity contribution in [2.24, 2.45) is 0 Å². The topological polar surface area (TPSA) is 64.6 Å². The average molecular weight is 347 g/mol. The van der Waals surface area contributed by atoms with Crippen molar-refractivity contribution in [1.82, 2.24) is 5.32 Å². The van der Waals surface area contributed by atoms with Gasteiger partial charge in [-0.25, -0.2) is 4.79 Å². The Labute approximate surface area is 150 Å². The zero-order valence-corrected chi connectivity index (χ0v) is 15.8. The number of nitrogens with one attached hydrogen (secondary N) is 1. The molecule has 0 saturated carbocycles. The molecule has 0 aromatic heterocycles. The predicted octanol–water partition coefficient (Wildman–Crippen LogP) is 3.39. The molecule has 25 heavy (non-hydrogen) atoms. The van der Waals surface area contributed by atoms with Crippen molar-refractivity contribution in [2.75, 3.05) is 6.61 Å². The summed E-state index contributed by atoms with van der Waals surface area (Å²) in [4.78, 5) is 23.8. The van der Waals surface area contributed by atoms with E-state index < -0.39 is 11.6 Å². The summed E-state index contributed by atoms with van der Waals surface area (Å²) in [5.74, 6) is -0.673. The summed E-state index contributed by atoms with van der Waals surface area (Å²) in [6.07, 6.45) is 2.29. The van der Waals surface area contributed by atoms with E-state index in [1.807, 2.05) is 51.1 Å². The fraction of sp³-hybridized carbons (Fsp3) is 0.500. The van der Waals surface area contributed by atoms with Gasteiger partial charge in [-0.15, -0.1) is 0 Å². The first-order valence-corrected chi connectivity index (χ1v) is 8.57. The van der Waals surface area contributed by atoms with E-state index in [1.54, 1.807) is 13.8 Å². The van der Waals surface area contributed by atoms with Crippen molar-refractivity contribution in [3.8, 4) is 0 Å². The van der Waals surface area contributed by atoms with E-state index in [4.69, 9.17) is 9.47 Å². The van der Waals surface area contributed by atoms with Gasteiger partial charge in [0.15, 0.2) is 0 Å². The number of benzene rings is 1. The summed E-state index contributed by atoms with van der Waals surface area (Å²) in [7, 11) is 0. The number of allylic oxidation sites excluding steroid dienone is 1. The molecule has 1 atom stereocenters. The van der Waals surface area contributed by atoms with Crippen molar-refractivity contribution < 1.29 is 19.1 Å². The minimum absolute atomic E-state index is 0.167. The molecule has 0 saturated heterocycles. The third-order valence-corrected chi connectivity index (χ3v) is 3.22. The summed E-state index contributed by atoms with van der Waals surface area (Å²) in [5, 5.41) is 3.23. The van der Waals surface area contributed by atoms with Gasteiger partial charge in [0.05, 0.1) is 13.0 Å². The van der Waals surface area contributed by atoms with Crippen LogP contribution in [0.5, 0.6) is 0 Å². The third-order valence-electron chi connectivity index (χ3n) is 3.22. The Balaban J connectivity index is 2.77. The molecule has 1 aromatic carbocycles. The second kappa shape index (κ2) is 9.87. The van der Waals surface area contributed by atoms with Crippen LogP contribution in [0, 0.1) is 0 Å². The molecule has 138 valence electrons. The Morgan fingerprint density at radius 3 is 2.40 bits per heavy atom. The lowest BCUT2D eigenvalue weighted by Crippen LogP contribution is -2.33. The highest BCUT2D eigenvalue weighted by Gasteiger charge is 2.17. The summed E-state index contributed by atoms with van der Waals surface area (Å²) < 4.78 is 10.3. The molecule has 1 rings (SSSR count). The molecule has 0 amide bonds. The molecule has 0 fully saturated rings. The van der Waals surface area contributed by atoms with Gasteiger partial charge in [0, 0.05) is 17.8 Å². The summed E-state index contributed by atoms with van der Waals surface area (Å²) in [5.41, 5.74) is 1.22. The van der Waals surface area contributed by atoms with E-state index in [-0.39, 0.29) is 18.4 Å². The van der Waals surface area contributed by atoms with E-state index in [2.05, 4.69) is 5.32 Å². The van der Waals surface area contributed by atoms with Crippen LogP contribution in [-0.4, -0.2) is 30.2 Å². The maximum absolute atomic E-state index is 11.9. The fourth-order valence-electron chi connectivity index (χ4n) is 2.37. The van der Waals surface area contributed by atoms with Crippen LogP contribution in [0.3, 0.4) is 0 Å². The molecule has 0 aliphatic heterocycles. The Bertz CT molecular complexity index is 587. The van der Waals surface area contributed by atoms with Gasteiger partial charge in [-0.1, -0.05) is 30.3 Å². The largest absolute Gasteiger partial charge is 0.466 e. The van der Waals surface area contributed by atoms with Crippen molar-refractivity contribution in [2.45, 2.75) is 59.1 Å². The lowest BCUT2D eigenvalue weighted by molar-refractivity contribution is -0.148. The molecular weight excluding hydrogens is 318 g/mol. The fourth-order valence-corrected chi connectivity index (χ4v) is 2.37. The van der Waals surface area contributed by atoms with Crippen molar-refractivity contribution in [1.29, 1.82) is 0 Å². The number of hydrogen-bond acceptors (Lipinski definition) is 5. The van der Waals surface area contributed by atoms with Gasteiger partial charge in [0.25, 0.3) is 0 Å². The number of ether oxygens (including phenoxy) is 2. The number of esters is 2. The molecule has 0 aliphatic carbocycles. The van der Waals surface area contributed by atoms with Gasteiger partial charge >= 0.3 is 11.9 Å². The maximum atomic E-state index is 11.9. The van der Waals surface area contributed by atoms with Crippen molar-refractivity contribution >= 4 is 11.9 Å². The lowest BCUT2D eigenvalue weighted by Gasteiger charge is -2.21. The molecular formula is C20H29NO4. The zero-order chi connectivity index (χ0) is 18.9. The Kier molecular flexibility index (Phi) is 8.19. The molecule has 1 aromatic rings. The monoisotopic (exact) mass is 347 g/mol. The molecule has 0 radical (unpaired) electrons. The highest BCUT2D eigenvalue weighted by Crippen LogP contribution is 2.10. The number of carbonyl (C=O) groups excluding carboxylic acids is 2. The summed E-state index contributed by atoms with van der Waals surface area (Å²) >= 11 is 0. The van der Waals surface area contributed by atoms with E-state index in [0.717, 1.165) is 5.56 Å². The van der Waals surface area contributed by atoms with Gasteiger partial charge in [0.1, 0.15) is 5.60 Å². The van der Waals surface area contributed by atoms with E-state index in [9.17, 15) is 9.59 Å². The Morgan fingerprint density at radius 2 is 1.84 bits per heavy atom. The van der Waals surface area contributed by atoms with E-state index >= 15 is 0 Å². The number of hydrogen-bond donors (Lipinski definition) is 1. The third kappa shape index (κ3) is 9.55. The smallest absolute Gasteiger partial charge is 0.333 e. The van der Waals surface area contributed by atoms with Crippen LogP contribution < -0.4 is 5.32 Å². The highest BCUT2D eigenvalue weighted by atomic mass is 16.6. The Morgan fingerprint density at radius 1 is 1.20 bits per heavy atom. The first-order valence-electron chi connectivity index (χ1n) is 8.57. The molecule has 0 aliphatic rings. The first-order chi connectivity index (χ1) is 11.7. The molecule has 1 N–H and O–H groups in total. The van der Waals surface area contributed by atoms with Crippen molar-refractivity contribution in [3.05, 3.63) is 47.7 Å². The zero-order valence-electron chi connectivity index (χ0n) is 15.8. The molecule has 0 spiro atoms. The van der Waals surface area contributed by atoms with E-state index in [1.165, 1.54) is 6.08 Å². The number of rotatable bonds is 8. The van der Waals surface area contributed by atoms with Crippen LogP contribution in [-0.2, 0) is 25.5 Å². The van der Waals surface area contributed by atoms with Crippen LogP contribution in [0.4, 0.5) is 0 Å². The standard InChI is InChI=1S/C20H29NO4/c1-6-24-18(22)14-17(13-16-10-8-7-9-11-16)21-15(2)12-19(23)25-20(3,4)5/h7-12,17,21H,6,13-14H2,1-5H3/b15-12+. The minimum atomic E-state index is -0.539.